The summed E-state index contributed by atoms with van der Waals surface area (Å²) < 4.78 is 0. The number of nitrogens with zero attached hydrogens (tertiary/aromatic N) is 3. The van der Waals surface area contributed by atoms with E-state index < -0.39 is 17.8 Å². The Balaban J connectivity index is 1.54. The van der Waals surface area contributed by atoms with Gasteiger partial charge in [-0.05, 0) is 55.2 Å². The largest absolute Gasteiger partial charge is 0.333 e. The normalized spacial score (nSPS) is 14.0. The van der Waals surface area contributed by atoms with Gasteiger partial charge in [0.1, 0.15) is 0 Å². The Bertz CT molecular complexity index is 834. The first-order valence-electron chi connectivity index (χ1n) is 8.47. The minimum Gasteiger partial charge on any atom is -0.330 e. The molecule has 134 valence electrons. The number of rotatable bonds is 6. The molecule has 26 heavy (non-hydrogen) atoms. The molecule has 0 saturated carbocycles. The van der Waals surface area contributed by atoms with Crippen LogP contribution in [-0.2, 0) is 25.6 Å². The topological polar surface area (TPSA) is 89.5 Å². The number of aromatic nitrogens is 2. The zero-order valence-corrected chi connectivity index (χ0v) is 14.5. The maximum Gasteiger partial charge on any atom is 0.333 e. The van der Waals surface area contributed by atoms with Crippen molar-refractivity contribution in [3.8, 4) is 11.4 Å². The third-order valence-electron chi connectivity index (χ3n) is 4.05. The summed E-state index contributed by atoms with van der Waals surface area (Å²) in [5, 5.41) is 0.580. The third kappa shape index (κ3) is 4.30. The quantitative estimate of drug-likeness (QED) is 0.741. The average Bonchev–Trinajstić information content (AvgIpc) is 2.94. The van der Waals surface area contributed by atoms with E-state index in [1.807, 2.05) is 31.2 Å². The average molecular weight is 353 g/mol. The number of aryl methyl sites for hydroxylation is 2. The molecule has 2 amide bonds. The standard InChI is InChI=1S/C19H19N3O4/c1-13-7-9-20-15(11-13)16-12-14(8-10-21-16)3-2-4-19(25)26-22-17(23)5-6-18(22)24/h7-12H,2-6H2,1H3. The van der Waals surface area contributed by atoms with Crippen LogP contribution in [0.1, 0.15) is 36.8 Å². The highest BCUT2D eigenvalue weighted by atomic mass is 16.7. The van der Waals surface area contributed by atoms with Crippen molar-refractivity contribution in [1.82, 2.24) is 15.0 Å². The molecule has 7 heteroatoms. The summed E-state index contributed by atoms with van der Waals surface area (Å²) in [5.74, 6) is -1.51. The third-order valence-corrected chi connectivity index (χ3v) is 4.05. The van der Waals surface area contributed by atoms with Crippen LogP contribution in [0.4, 0.5) is 0 Å². The first-order valence-corrected chi connectivity index (χ1v) is 8.47. The summed E-state index contributed by atoms with van der Waals surface area (Å²) >= 11 is 0. The van der Waals surface area contributed by atoms with Crippen molar-refractivity contribution in [3.05, 3.63) is 47.8 Å². The van der Waals surface area contributed by atoms with Crippen molar-refractivity contribution >= 4 is 17.8 Å². The minimum absolute atomic E-state index is 0.0961. The first kappa shape index (κ1) is 17.7. The Morgan fingerprint density at radius 3 is 2.42 bits per heavy atom. The number of hydrogen-bond donors (Lipinski definition) is 0. The van der Waals surface area contributed by atoms with Gasteiger partial charge in [0, 0.05) is 31.7 Å². The molecule has 1 saturated heterocycles. The summed E-state index contributed by atoms with van der Waals surface area (Å²) in [6, 6.07) is 7.72. The molecule has 7 nitrogen and oxygen atoms in total. The van der Waals surface area contributed by atoms with Crippen LogP contribution in [0.2, 0.25) is 0 Å². The van der Waals surface area contributed by atoms with E-state index in [1.165, 1.54) is 0 Å². The van der Waals surface area contributed by atoms with Gasteiger partial charge in [-0.15, -0.1) is 5.06 Å². The zero-order chi connectivity index (χ0) is 18.5. The second-order valence-corrected chi connectivity index (χ2v) is 6.17. The molecule has 3 heterocycles. The summed E-state index contributed by atoms with van der Waals surface area (Å²) in [7, 11) is 0. The summed E-state index contributed by atoms with van der Waals surface area (Å²) in [6.45, 7) is 2.00. The smallest absolute Gasteiger partial charge is 0.330 e. The van der Waals surface area contributed by atoms with Crippen molar-refractivity contribution in [1.29, 1.82) is 0 Å². The molecule has 0 atom stereocenters. The highest BCUT2D eigenvalue weighted by Gasteiger charge is 2.32. The van der Waals surface area contributed by atoms with E-state index in [9.17, 15) is 14.4 Å². The second kappa shape index (κ2) is 7.86. The van der Waals surface area contributed by atoms with Gasteiger partial charge in [0.25, 0.3) is 11.8 Å². The first-order chi connectivity index (χ1) is 12.5. The van der Waals surface area contributed by atoms with Crippen LogP contribution >= 0.6 is 0 Å². The predicted octanol–water partition coefficient (Wildman–Crippen LogP) is 2.38. The van der Waals surface area contributed by atoms with E-state index in [-0.39, 0.29) is 19.3 Å². The van der Waals surface area contributed by atoms with Crippen LogP contribution in [0.15, 0.2) is 36.7 Å². The number of imide groups is 1. The molecule has 3 rings (SSSR count). The van der Waals surface area contributed by atoms with Gasteiger partial charge >= 0.3 is 5.97 Å². The fourth-order valence-electron chi connectivity index (χ4n) is 2.69. The van der Waals surface area contributed by atoms with Crippen molar-refractivity contribution in [2.24, 2.45) is 0 Å². The Hall–Kier alpha value is -3.09. The van der Waals surface area contributed by atoms with Crippen LogP contribution in [0.5, 0.6) is 0 Å². The highest BCUT2D eigenvalue weighted by molar-refractivity contribution is 6.01. The van der Waals surface area contributed by atoms with E-state index in [1.54, 1.807) is 12.4 Å². The Kier molecular flexibility index (Phi) is 5.36. The van der Waals surface area contributed by atoms with E-state index in [2.05, 4.69) is 9.97 Å². The van der Waals surface area contributed by atoms with Crippen molar-refractivity contribution in [2.75, 3.05) is 0 Å². The SMILES string of the molecule is Cc1ccnc(-c2cc(CCCC(=O)ON3C(=O)CCC3=O)ccn2)c1. The lowest BCUT2D eigenvalue weighted by Crippen LogP contribution is -2.31. The van der Waals surface area contributed by atoms with Crippen LogP contribution in [0.3, 0.4) is 0 Å². The lowest BCUT2D eigenvalue weighted by Gasteiger charge is -2.12. The molecule has 1 fully saturated rings. The Morgan fingerprint density at radius 2 is 1.73 bits per heavy atom. The molecule has 1 aliphatic heterocycles. The fraction of sp³-hybridized carbons (Fsp3) is 0.316. The molecule has 0 unspecified atom stereocenters. The zero-order valence-electron chi connectivity index (χ0n) is 14.5. The van der Waals surface area contributed by atoms with Gasteiger partial charge in [-0.1, -0.05) is 0 Å². The lowest BCUT2D eigenvalue weighted by molar-refractivity contribution is -0.197. The van der Waals surface area contributed by atoms with Crippen LogP contribution in [0.25, 0.3) is 11.4 Å². The monoisotopic (exact) mass is 353 g/mol. The van der Waals surface area contributed by atoms with Gasteiger partial charge in [-0.2, -0.15) is 0 Å². The minimum atomic E-state index is -0.580. The van der Waals surface area contributed by atoms with Crippen molar-refractivity contribution in [2.45, 2.75) is 39.0 Å². The second-order valence-electron chi connectivity index (χ2n) is 6.17. The van der Waals surface area contributed by atoms with E-state index in [0.717, 1.165) is 22.5 Å². The number of amides is 2. The lowest BCUT2D eigenvalue weighted by atomic mass is 10.1. The van der Waals surface area contributed by atoms with Gasteiger partial charge in [0.05, 0.1) is 11.4 Å². The maximum atomic E-state index is 11.8. The maximum absolute atomic E-state index is 11.8. The van der Waals surface area contributed by atoms with Gasteiger partial charge in [0.2, 0.25) is 0 Å². The van der Waals surface area contributed by atoms with Gasteiger partial charge < -0.3 is 4.84 Å². The van der Waals surface area contributed by atoms with E-state index in [0.29, 0.717) is 17.9 Å². The van der Waals surface area contributed by atoms with Gasteiger partial charge in [-0.25, -0.2) is 4.79 Å². The highest BCUT2D eigenvalue weighted by Crippen LogP contribution is 2.18. The summed E-state index contributed by atoms with van der Waals surface area (Å²) in [4.78, 5) is 48.2. The molecule has 0 N–H and O–H groups in total. The van der Waals surface area contributed by atoms with Crippen LogP contribution in [0, 0.1) is 6.92 Å². The molecular weight excluding hydrogens is 334 g/mol. The van der Waals surface area contributed by atoms with Crippen LogP contribution in [-0.4, -0.2) is 32.8 Å². The van der Waals surface area contributed by atoms with Gasteiger partial charge in [-0.3, -0.25) is 19.6 Å². The number of carbonyl (C=O) groups is 3. The molecule has 0 aliphatic carbocycles. The molecule has 0 aromatic carbocycles. The van der Waals surface area contributed by atoms with E-state index >= 15 is 0 Å². The molecular formula is C19H19N3O4. The number of carbonyl (C=O) groups excluding carboxylic acids is 3. The molecule has 2 aromatic heterocycles. The molecule has 0 bridgehead atoms. The Morgan fingerprint density at radius 1 is 1.08 bits per heavy atom. The van der Waals surface area contributed by atoms with Gasteiger partial charge in [0.15, 0.2) is 0 Å². The fourth-order valence-corrected chi connectivity index (χ4v) is 2.69. The summed E-state index contributed by atoms with van der Waals surface area (Å²) in [6.07, 6.45) is 4.97. The number of pyridine rings is 2. The number of hydrogen-bond acceptors (Lipinski definition) is 6. The van der Waals surface area contributed by atoms with Crippen molar-refractivity contribution in [3.63, 3.8) is 0 Å². The molecule has 0 radical (unpaired) electrons. The predicted molar refractivity (Wildman–Crippen MR) is 92.3 cm³/mol. The van der Waals surface area contributed by atoms with Crippen molar-refractivity contribution < 1.29 is 19.2 Å². The van der Waals surface area contributed by atoms with Crippen LogP contribution < -0.4 is 0 Å². The molecule has 1 aliphatic rings. The molecule has 2 aromatic rings. The summed E-state index contributed by atoms with van der Waals surface area (Å²) in [5.41, 5.74) is 3.72. The molecule has 0 spiro atoms. The Labute approximate surface area is 151 Å². The van der Waals surface area contributed by atoms with E-state index in [4.69, 9.17) is 4.84 Å². The number of hydroxylamine groups is 2.